The Morgan fingerprint density at radius 3 is 2.52 bits per heavy atom. The topological polar surface area (TPSA) is 36.3 Å². The number of halogens is 2. The van der Waals surface area contributed by atoms with Gasteiger partial charge in [0.1, 0.15) is 12.4 Å². The minimum Gasteiger partial charge on any atom is -0.490 e. The molecule has 4 rings (SSSR count). The summed E-state index contributed by atoms with van der Waals surface area (Å²) in [5.74, 6) is 1.57. The van der Waals surface area contributed by atoms with Crippen LogP contribution in [0, 0.1) is 13.8 Å². The monoisotopic (exact) mass is 542 g/mol. The quantitative estimate of drug-likeness (QED) is 0.245. The molecule has 0 spiro atoms. The number of aromatic nitrogens is 2. The van der Waals surface area contributed by atoms with Gasteiger partial charge in [0.15, 0.2) is 0 Å². The van der Waals surface area contributed by atoms with Gasteiger partial charge in [-0.2, -0.15) is 5.10 Å². The molecule has 0 bridgehead atoms. The van der Waals surface area contributed by atoms with Crippen LogP contribution in [0.1, 0.15) is 18.1 Å². The van der Waals surface area contributed by atoms with Crippen molar-refractivity contribution in [2.24, 2.45) is 0 Å². The van der Waals surface area contributed by atoms with E-state index < -0.39 is 0 Å². The zero-order chi connectivity index (χ0) is 22.0. The van der Waals surface area contributed by atoms with Gasteiger partial charge in [-0.05, 0) is 82.9 Å². The Hall–Kier alpha value is -2.31. The SMILES string of the molecule is CCOc1cc(-c2ccc(C)c(C)c2)nn1CCOc1ccc2cc(Br)ccc2c1Br. The van der Waals surface area contributed by atoms with Crippen LogP contribution in [-0.2, 0) is 6.54 Å². The van der Waals surface area contributed by atoms with Crippen LogP contribution in [0.3, 0.4) is 0 Å². The molecule has 0 unspecified atom stereocenters. The zero-order valence-electron chi connectivity index (χ0n) is 17.8. The van der Waals surface area contributed by atoms with Crippen molar-refractivity contribution in [2.75, 3.05) is 13.2 Å². The van der Waals surface area contributed by atoms with Gasteiger partial charge < -0.3 is 9.47 Å². The first-order valence-corrected chi connectivity index (χ1v) is 11.8. The van der Waals surface area contributed by atoms with E-state index in [2.05, 4.69) is 82.1 Å². The second kappa shape index (κ2) is 9.45. The lowest BCUT2D eigenvalue weighted by Crippen LogP contribution is -2.11. The molecule has 0 aliphatic carbocycles. The molecular formula is C25H24Br2N2O2. The fourth-order valence-corrected chi connectivity index (χ4v) is 4.45. The van der Waals surface area contributed by atoms with Gasteiger partial charge in [-0.1, -0.05) is 40.2 Å². The first-order valence-electron chi connectivity index (χ1n) is 10.2. The van der Waals surface area contributed by atoms with Crippen molar-refractivity contribution in [1.82, 2.24) is 9.78 Å². The molecule has 0 aliphatic rings. The lowest BCUT2D eigenvalue weighted by Gasteiger charge is -2.12. The third kappa shape index (κ3) is 4.80. The number of fused-ring (bicyclic) bond motifs is 1. The number of benzene rings is 3. The van der Waals surface area contributed by atoms with Gasteiger partial charge >= 0.3 is 0 Å². The Bertz CT molecular complexity index is 1230. The van der Waals surface area contributed by atoms with Gasteiger partial charge in [0.25, 0.3) is 0 Å². The fraction of sp³-hybridized carbons (Fsp3) is 0.240. The molecular weight excluding hydrogens is 520 g/mol. The summed E-state index contributed by atoms with van der Waals surface area (Å²) in [6.45, 7) is 7.87. The summed E-state index contributed by atoms with van der Waals surface area (Å²) in [6, 6.07) is 18.7. The van der Waals surface area contributed by atoms with E-state index in [9.17, 15) is 0 Å². The maximum absolute atomic E-state index is 6.09. The highest BCUT2D eigenvalue weighted by atomic mass is 79.9. The molecule has 6 heteroatoms. The molecule has 0 saturated carbocycles. The Labute approximate surface area is 199 Å². The van der Waals surface area contributed by atoms with Crippen LogP contribution in [0.2, 0.25) is 0 Å². The van der Waals surface area contributed by atoms with Gasteiger partial charge in [-0.25, -0.2) is 4.68 Å². The second-order valence-electron chi connectivity index (χ2n) is 7.41. The summed E-state index contributed by atoms with van der Waals surface area (Å²) >= 11 is 7.21. The van der Waals surface area contributed by atoms with Crippen LogP contribution >= 0.6 is 31.9 Å². The molecule has 0 saturated heterocycles. The molecule has 1 aromatic heterocycles. The molecule has 0 atom stereocenters. The maximum atomic E-state index is 6.09. The number of hydrogen-bond acceptors (Lipinski definition) is 3. The van der Waals surface area contributed by atoms with Crippen molar-refractivity contribution in [1.29, 1.82) is 0 Å². The average Bonchev–Trinajstić information content (AvgIpc) is 3.14. The van der Waals surface area contributed by atoms with Crippen molar-refractivity contribution >= 4 is 42.6 Å². The van der Waals surface area contributed by atoms with Crippen LogP contribution < -0.4 is 9.47 Å². The largest absolute Gasteiger partial charge is 0.490 e. The molecule has 160 valence electrons. The van der Waals surface area contributed by atoms with Crippen LogP contribution in [0.25, 0.3) is 22.0 Å². The van der Waals surface area contributed by atoms with Crippen molar-refractivity contribution in [3.8, 4) is 22.9 Å². The molecule has 0 amide bonds. The van der Waals surface area contributed by atoms with E-state index in [4.69, 9.17) is 14.6 Å². The normalized spacial score (nSPS) is 11.1. The van der Waals surface area contributed by atoms with Crippen LogP contribution in [0.15, 0.2) is 63.5 Å². The zero-order valence-corrected chi connectivity index (χ0v) is 21.0. The summed E-state index contributed by atoms with van der Waals surface area (Å²) in [5.41, 5.74) is 4.52. The highest BCUT2D eigenvalue weighted by Gasteiger charge is 2.12. The molecule has 4 nitrogen and oxygen atoms in total. The third-order valence-electron chi connectivity index (χ3n) is 5.28. The van der Waals surface area contributed by atoms with Crippen molar-refractivity contribution in [3.63, 3.8) is 0 Å². The minimum atomic E-state index is 0.481. The summed E-state index contributed by atoms with van der Waals surface area (Å²) < 4.78 is 15.8. The van der Waals surface area contributed by atoms with Crippen molar-refractivity contribution < 1.29 is 9.47 Å². The van der Waals surface area contributed by atoms with Gasteiger partial charge in [0, 0.05) is 16.1 Å². The van der Waals surface area contributed by atoms with E-state index in [1.165, 1.54) is 11.1 Å². The van der Waals surface area contributed by atoms with E-state index in [0.29, 0.717) is 19.8 Å². The van der Waals surface area contributed by atoms with Gasteiger partial charge in [-0.15, -0.1) is 0 Å². The molecule has 31 heavy (non-hydrogen) atoms. The third-order valence-corrected chi connectivity index (χ3v) is 6.59. The number of ether oxygens (including phenoxy) is 2. The van der Waals surface area contributed by atoms with Crippen LogP contribution in [0.4, 0.5) is 0 Å². The van der Waals surface area contributed by atoms with E-state index in [-0.39, 0.29) is 0 Å². The lowest BCUT2D eigenvalue weighted by atomic mass is 10.0. The Balaban J connectivity index is 1.52. The minimum absolute atomic E-state index is 0.481. The first-order chi connectivity index (χ1) is 15.0. The lowest BCUT2D eigenvalue weighted by molar-refractivity contribution is 0.259. The maximum Gasteiger partial charge on any atom is 0.212 e. The first kappa shape index (κ1) is 21.9. The Morgan fingerprint density at radius 1 is 0.903 bits per heavy atom. The molecule has 1 heterocycles. The number of rotatable bonds is 7. The Morgan fingerprint density at radius 2 is 1.74 bits per heavy atom. The highest BCUT2D eigenvalue weighted by molar-refractivity contribution is 9.11. The van der Waals surface area contributed by atoms with Crippen molar-refractivity contribution in [2.45, 2.75) is 27.3 Å². The van der Waals surface area contributed by atoms with E-state index in [1.807, 2.05) is 29.8 Å². The molecule has 3 aromatic carbocycles. The highest BCUT2D eigenvalue weighted by Crippen LogP contribution is 2.34. The molecule has 0 radical (unpaired) electrons. The predicted molar refractivity (Wildman–Crippen MR) is 133 cm³/mol. The second-order valence-corrected chi connectivity index (χ2v) is 9.12. The van der Waals surface area contributed by atoms with Crippen molar-refractivity contribution in [3.05, 3.63) is 74.7 Å². The van der Waals surface area contributed by atoms with E-state index in [0.717, 1.165) is 42.6 Å². The Kier molecular flexibility index (Phi) is 6.68. The summed E-state index contributed by atoms with van der Waals surface area (Å²) in [7, 11) is 0. The standard InChI is InChI=1S/C25H24Br2N2O2/c1-4-30-24-15-22(19-6-5-16(2)17(3)13-19)28-29(24)11-12-31-23-10-7-18-14-20(26)8-9-21(18)25(23)27/h5-10,13-15H,4,11-12H2,1-3H3. The molecule has 0 N–H and O–H groups in total. The van der Waals surface area contributed by atoms with Crippen LogP contribution in [0.5, 0.6) is 11.6 Å². The molecule has 4 aromatic rings. The van der Waals surface area contributed by atoms with Crippen LogP contribution in [-0.4, -0.2) is 23.0 Å². The molecule has 0 fully saturated rings. The van der Waals surface area contributed by atoms with E-state index in [1.54, 1.807) is 0 Å². The number of nitrogens with zero attached hydrogens (tertiary/aromatic N) is 2. The fourth-order valence-electron chi connectivity index (χ4n) is 3.46. The van der Waals surface area contributed by atoms with Gasteiger partial charge in [0.2, 0.25) is 5.88 Å². The van der Waals surface area contributed by atoms with E-state index >= 15 is 0 Å². The number of hydrogen-bond donors (Lipinski definition) is 0. The predicted octanol–water partition coefficient (Wildman–Crippen LogP) is 7.32. The smallest absolute Gasteiger partial charge is 0.212 e. The summed E-state index contributed by atoms with van der Waals surface area (Å²) in [4.78, 5) is 0. The molecule has 0 aliphatic heterocycles. The summed E-state index contributed by atoms with van der Waals surface area (Å²) in [6.07, 6.45) is 0. The average molecular weight is 544 g/mol. The van der Waals surface area contributed by atoms with Gasteiger partial charge in [0.05, 0.1) is 23.3 Å². The summed E-state index contributed by atoms with van der Waals surface area (Å²) in [5, 5.41) is 7.05. The van der Waals surface area contributed by atoms with Gasteiger partial charge in [-0.3, -0.25) is 0 Å². The number of aryl methyl sites for hydroxylation is 2.